The second kappa shape index (κ2) is 6.85. The van der Waals surface area contributed by atoms with Crippen LogP contribution in [0.25, 0.3) is 0 Å². The Morgan fingerprint density at radius 2 is 1.95 bits per heavy atom. The number of nitrogens with zero attached hydrogens (tertiary/aromatic N) is 2. The van der Waals surface area contributed by atoms with Gasteiger partial charge >= 0.3 is 0 Å². The lowest BCUT2D eigenvalue weighted by molar-refractivity contribution is 0.627. The van der Waals surface area contributed by atoms with Crippen LogP contribution in [0.15, 0.2) is 29.0 Å². The van der Waals surface area contributed by atoms with Crippen molar-refractivity contribution in [2.45, 2.75) is 13.5 Å². The van der Waals surface area contributed by atoms with Gasteiger partial charge in [0.15, 0.2) is 0 Å². The van der Waals surface area contributed by atoms with Crippen molar-refractivity contribution in [3.05, 3.63) is 45.4 Å². The minimum absolute atomic E-state index is 0.111. The fourth-order valence-corrected chi connectivity index (χ4v) is 2.31. The average molecular weight is 360 g/mol. The van der Waals surface area contributed by atoms with Crippen molar-refractivity contribution in [2.24, 2.45) is 0 Å². The standard InChI is InChI=1S/C13H13BrClFN4/c1-2-17-12-11(14)13(20-7-19-12)18-6-8-3-4-10(16)9(15)5-8/h3-5,7H,2,6H2,1H3,(H2,17,18,19,20). The maximum absolute atomic E-state index is 13.1. The molecule has 0 spiro atoms. The number of nitrogens with one attached hydrogen (secondary N) is 2. The van der Waals surface area contributed by atoms with Gasteiger partial charge in [-0.2, -0.15) is 0 Å². The molecule has 2 rings (SSSR count). The number of aromatic nitrogens is 2. The quantitative estimate of drug-likeness (QED) is 0.845. The van der Waals surface area contributed by atoms with E-state index in [9.17, 15) is 4.39 Å². The Hall–Kier alpha value is -1.40. The van der Waals surface area contributed by atoms with Crippen molar-refractivity contribution in [1.82, 2.24) is 9.97 Å². The highest BCUT2D eigenvalue weighted by Crippen LogP contribution is 2.27. The van der Waals surface area contributed by atoms with E-state index in [1.165, 1.54) is 12.4 Å². The summed E-state index contributed by atoms with van der Waals surface area (Å²) in [6, 6.07) is 4.61. The highest BCUT2D eigenvalue weighted by atomic mass is 79.9. The Balaban J connectivity index is 2.10. The van der Waals surface area contributed by atoms with Gasteiger partial charge in [0.2, 0.25) is 0 Å². The lowest BCUT2D eigenvalue weighted by Crippen LogP contribution is -2.06. The largest absolute Gasteiger partial charge is 0.369 e. The molecule has 2 aromatic rings. The van der Waals surface area contributed by atoms with Crippen LogP contribution in [0, 0.1) is 5.82 Å². The molecule has 0 aliphatic rings. The van der Waals surface area contributed by atoms with Gasteiger partial charge in [-0.1, -0.05) is 17.7 Å². The fourth-order valence-electron chi connectivity index (χ4n) is 1.62. The van der Waals surface area contributed by atoms with Crippen LogP contribution < -0.4 is 10.6 Å². The van der Waals surface area contributed by atoms with Gasteiger partial charge in [0, 0.05) is 13.1 Å². The van der Waals surface area contributed by atoms with Gasteiger partial charge in [-0.15, -0.1) is 0 Å². The third-order valence-electron chi connectivity index (χ3n) is 2.58. The first-order valence-electron chi connectivity index (χ1n) is 6.04. The van der Waals surface area contributed by atoms with E-state index in [2.05, 4.69) is 36.5 Å². The molecule has 1 aromatic carbocycles. The van der Waals surface area contributed by atoms with E-state index >= 15 is 0 Å². The summed E-state index contributed by atoms with van der Waals surface area (Å²) in [7, 11) is 0. The zero-order valence-electron chi connectivity index (χ0n) is 10.8. The second-order valence-electron chi connectivity index (χ2n) is 4.02. The molecule has 1 aromatic heterocycles. The van der Waals surface area contributed by atoms with E-state index in [1.807, 2.05) is 6.92 Å². The van der Waals surface area contributed by atoms with Crippen LogP contribution in [-0.2, 0) is 6.54 Å². The summed E-state index contributed by atoms with van der Waals surface area (Å²) in [6.45, 7) is 3.24. The maximum atomic E-state index is 13.1. The lowest BCUT2D eigenvalue weighted by atomic mass is 10.2. The van der Waals surface area contributed by atoms with E-state index in [-0.39, 0.29) is 5.02 Å². The van der Waals surface area contributed by atoms with Crippen LogP contribution in [-0.4, -0.2) is 16.5 Å². The van der Waals surface area contributed by atoms with Crippen molar-refractivity contribution in [3.63, 3.8) is 0 Å². The number of hydrogen-bond donors (Lipinski definition) is 2. The molecule has 0 saturated heterocycles. The lowest BCUT2D eigenvalue weighted by Gasteiger charge is -2.11. The molecule has 20 heavy (non-hydrogen) atoms. The predicted octanol–water partition coefficient (Wildman–Crippen LogP) is 4.08. The first-order valence-corrected chi connectivity index (χ1v) is 7.21. The van der Waals surface area contributed by atoms with Crippen LogP contribution in [0.1, 0.15) is 12.5 Å². The van der Waals surface area contributed by atoms with Crippen molar-refractivity contribution >= 4 is 39.2 Å². The van der Waals surface area contributed by atoms with Crippen LogP contribution in [0.5, 0.6) is 0 Å². The summed E-state index contributed by atoms with van der Waals surface area (Å²) in [5.74, 6) is 0.964. The van der Waals surface area contributed by atoms with E-state index in [0.29, 0.717) is 12.4 Å². The smallest absolute Gasteiger partial charge is 0.146 e. The van der Waals surface area contributed by atoms with E-state index in [1.54, 1.807) is 12.1 Å². The van der Waals surface area contributed by atoms with Crippen LogP contribution in [0.2, 0.25) is 5.02 Å². The van der Waals surface area contributed by atoms with E-state index < -0.39 is 5.82 Å². The fraction of sp³-hybridized carbons (Fsp3) is 0.231. The van der Waals surface area contributed by atoms with E-state index in [4.69, 9.17) is 11.6 Å². The maximum Gasteiger partial charge on any atom is 0.146 e. The molecule has 0 unspecified atom stereocenters. The summed E-state index contributed by atoms with van der Waals surface area (Å²) >= 11 is 9.19. The number of halogens is 3. The zero-order valence-corrected chi connectivity index (χ0v) is 13.1. The molecule has 7 heteroatoms. The third-order valence-corrected chi connectivity index (χ3v) is 3.62. The van der Waals surface area contributed by atoms with Crippen LogP contribution in [0.4, 0.5) is 16.0 Å². The minimum Gasteiger partial charge on any atom is -0.369 e. The molecule has 0 radical (unpaired) electrons. The Morgan fingerprint density at radius 1 is 1.25 bits per heavy atom. The van der Waals surface area contributed by atoms with Crippen molar-refractivity contribution in [3.8, 4) is 0 Å². The molecule has 2 N–H and O–H groups in total. The molecule has 0 fully saturated rings. The van der Waals surface area contributed by atoms with Gasteiger partial charge in [0.05, 0.1) is 5.02 Å². The molecule has 106 valence electrons. The van der Waals surface area contributed by atoms with Gasteiger partial charge < -0.3 is 10.6 Å². The summed E-state index contributed by atoms with van der Waals surface area (Å²) in [5, 5.41) is 6.39. The van der Waals surface area contributed by atoms with Crippen molar-refractivity contribution in [2.75, 3.05) is 17.2 Å². The molecule has 1 heterocycles. The summed E-state index contributed by atoms with van der Waals surface area (Å²) in [6.07, 6.45) is 1.47. The Bertz CT molecular complexity index is 609. The van der Waals surface area contributed by atoms with Gasteiger partial charge in [-0.25, -0.2) is 14.4 Å². The number of anilines is 2. The van der Waals surface area contributed by atoms with Gasteiger partial charge in [-0.3, -0.25) is 0 Å². The molecule has 4 nitrogen and oxygen atoms in total. The number of benzene rings is 1. The molecule has 0 bridgehead atoms. The molecule has 0 saturated carbocycles. The third kappa shape index (κ3) is 3.58. The topological polar surface area (TPSA) is 49.8 Å². The molecule has 0 atom stereocenters. The SMILES string of the molecule is CCNc1ncnc(NCc2ccc(F)c(Cl)c2)c1Br. The van der Waals surface area contributed by atoms with E-state index in [0.717, 1.165) is 22.4 Å². The normalized spacial score (nSPS) is 10.4. The molecule has 0 amide bonds. The Labute approximate surface area is 129 Å². The first kappa shape index (κ1) is 15.0. The minimum atomic E-state index is -0.423. The highest BCUT2D eigenvalue weighted by Gasteiger charge is 2.08. The van der Waals surface area contributed by atoms with Gasteiger partial charge in [0.1, 0.15) is 28.3 Å². The molecular formula is C13H13BrClFN4. The van der Waals surface area contributed by atoms with Crippen molar-refractivity contribution in [1.29, 1.82) is 0 Å². The highest BCUT2D eigenvalue weighted by molar-refractivity contribution is 9.10. The molecular weight excluding hydrogens is 347 g/mol. The number of hydrogen-bond acceptors (Lipinski definition) is 4. The molecule has 0 aliphatic heterocycles. The zero-order chi connectivity index (χ0) is 14.5. The monoisotopic (exact) mass is 358 g/mol. The van der Waals surface area contributed by atoms with Crippen molar-refractivity contribution < 1.29 is 4.39 Å². The summed E-state index contributed by atoms with van der Waals surface area (Å²) < 4.78 is 13.8. The first-order chi connectivity index (χ1) is 9.61. The van der Waals surface area contributed by atoms with Crippen LogP contribution in [0.3, 0.4) is 0 Å². The Kier molecular flexibility index (Phi) is 5.14. The Morgan fingerprint density at radius 3 is 2.60 bits per heavy atom. The average Bonchev–Trinajstić information content (AvgIpc) is 2.44. The molecule has 0 aliphatic carbocycles. The van der Waals surface area contributed by atoms with Crippen LogP contribution >= 0.6 is 27.5 Å². The van der Waals surface area contributed by atoms with Gasteiger partial charge in [0.25, 0.3) is 0 Å². The predicted molar refractivity (Wildman–Crippen MR) is 82.6 cm³/mol. The van der Waals surface area contributed by atoms with Gasteiger partial charge in [-0.05, 0) is 40.5 Å². The second-order valence-corrected chi connectivity index (χ2v) is 5.22. The summed E-state index contributed by atoms with van der Waals surface area (Å²) in [5.41, 5.74) is 0.868. The summed E-state index contributed by atoms with van der Waals surface area (Å²) in [4.78, 5) is 8.29. The number of rotatable bonds is 5.